The minimum atomic E-state index is 0.579. The molecule has 104 valence electrons. The maximum absolute atomic E-state index is 3.58. The van der Waals surface area contributed by atoms with Crippen molar-refractivity contribution in [2.45, 2.75) is 45.1 Å². The first-order valence-corrected chi connectivity index (χ1v) is 7.65. The summed E-state index contributed by atoms with van der Waals surface area (Å²) in [6, 6.07) is 17.6. The summed E-state index contributed by atoms with van der Waals surface area (Å²) in [5.41, 5.74) is 5.61. The molecule has 0 aliphatic heterocycles. The fraction of sp³-hybridized carbons (Fsp3) is 0.368. The Bertz CT molecular complexity index is 582. The Morgan fingerprint density at radius 1 is 1.05 bits per heavy atom. The maximum atomic E-state index is 3.58. The molecule has 0 amide bonds. The van der Waals surface area contributed by atoms with Crippen LogP contribution in [0.25, 0.3) is 0 Å². The molecule has 0 saturated heterocycles. The Labute approximate surface area is 122 Å². The normalized spacial score (nSPS) is 14.6. The van der Waals surface area contributed by atoms with Crippen LogP contribution in [0.2, 0.25) is 0 Å². The molecular formula is C19H23N. The third kappa shape index (κ3) is 3.04. The minimum Gasteiger partial charge on any atom is -0.381 e. The molecule has 1 fully saturated rings. The lowest BCUT2D eigenvalue weighted by Gasteiger charge is -2.13. The molecule has 0 spiro atoms. The number of rotatable bonds is 5. The predicted octanol–water partition coefficient (Wildman–Crippen LogP) is 5.30. The molecule has 2 aromatic carbocycles. The first-order valence-electron chi connectivity index (χ1n) is 7.65. The fourth-order valence-corrected chi connectivity index (χ4v) is 2.69. The molecular weight excluding hydrogens is 242 g/mol. The fourth-order valence-electron chi connectivity index (χ4n) is 2.69. The molecule has 0 bridgehead atoms. The average Bonchev–Trinajstić information content (AvgIpc) is 3.30. The van der Waals surface area contributed by atoms with Gasteiger partial charge in [0.1, 0.15) is 0 Å². The first-order chi connectivity index (χ1) is 9.74. The average molecular weight is 265 g/mol. The van der Waals surface area contributed by atoms with Crippen molar-refractivity contribution in [2.75, 3.05) is 5.32 Å². The zero-order chi connectivity index (χ0) is 13.9. The second-order valence-electron chi connectivity index (χ2n) is 6.11. The Kier molecular flexibility index (Phi) is 3.77. The van der Waals surface area contributed by atoms with Gasteiger partial charge in [0.15, 0.2) is 0 Å². The van der Waals surface area contributed by atoms with Crippen molar-refractivity contribution in [1.29, 1.82) is 0 Å². The minimum absolute atomic E-state index is 0.579. The Morgan fingerprint density at radius 3 is 2.60 bits per heavy atom. The molecule has 0 heterocycles. The topological polar surface area (TPSA) is 12.0 Å². The number of anilines is 1. The summed E-state index contributed by atoms with van der Waals surface area (Å²) in [7, 11) is 0. The van der Waals surface area contributed by atoms with Crippen LogP contribution in [0.1, 0.15) is 55.2 Å². The van der Waals surface area contributed by atoms with Crippen LogP contribution in [0.4, 0.5) is 5.69 Å². The van der Waals surface area contributed by atoms with E-state index in [1.54, 1.807) is 5.56 Å². The lowest BCUT2D eigenvalue weighted by atomic mass is 10.0. The quantitative estimate of drug-likeness (QED) is 0.773. The van der Waals surface area contributed by atoms with Crippen molar-refractivity contribution in [3.05, 3.63) is 65.2 Å². The van der Waals surface area contributed by atoms with Gasteiger partial charge in [0.2, 0.25) is 0 Å². The van der Waals surface area contributed by atoms with Crippen molar-refractivity contribution in [3.8, 4) is 0 Å². The van der Waals surface area contributed by atoms with Crippen molar-refractivity contribution in [1.82, 2.24) is 0 Å². The summed E-state index contributed by atoms with van der Waals surface area (Å²) in [5.74, 6) is 1.39. The van der Waals surface area contributed by atoms with Crippen molar-refractivity contribution in [2.24, 2.45) is 0 Å². The molecule has 0 unspecified atom stereocenters. The van der Waals surface area contributed by atoms with Gasteiger partial charge in [0.05, 0.1) is 0 Å². The van der Waals surface area contributed by atoms with E-state index < -0.39 is 0 Å². The van der Waals surface area contributed by atoms with Gasteiger partial charge < -0.3 is 5.32 Å². The van der Waals surface area contributed by atoms with Crippen molar-refractivity contribution < 1.29 is 0 Å². The monoisotopic (exact) mass is 265 g/mol. The summed E-state index contributed by atoms with van der Waals surface area (Å²) in [4.78, 5) is 0. The van der Waals surface area contributed by atoms with Gasteiger partial charge in [-0.05, 0) is 53.5 Å². The van der Waals surface area contributed by atoms with Gasteiger partial charge in [-0.15, -0.1) is 0 Å². The van der Waals surface area contributed by atoms with E-state index in [9.17, 15) is 0 Å². The number of hydrogen-bond acceptors (Lipinski definition) is 1. The Morgan fingerprint density at radius 2 is 1.85 bits per heavy atom. The van der Waals surface area contributed by atoms with Crippen LogP contribution in [-0.2, 0) is 6.54 Å². The van der Waals surface area contributed by atoms with Gasteiger partial charge in [0.25, 0.3) is 0 Å². The lowest BCUT2D eigenvalue weighted by Crippen LogP contribution is -2.03. The van der Waals surface area contributed by atoms with E-state index in [0.29, 0.717) is 5.92 Å². The number of hydrogen-bond donors (Lipinski definition) is 1. The SMILES string of the molecule is CC(C)c1cccc(NCc2ccccc2C2CC2)c1. The summed E-state index contributed by atoms with van der Waals surface area (Å²) >= 11 is 0. The molecule has 2 aromatic rings. The van der Waals surface area contributed by atoms with Crippen LogP contribution in [0.15, 0.2) is 48.5 Å². The molecule has 1 aliphatic carbocycles. The lowest BCUT2D eigenvalue weighted by molar-refractivity contribution is 0.866. The van der Waals surface area contributed by atoms with Crippen LogP contribution < -0.4 is 5.32 Å². The van der Waals surface area contributed by atoms with Crippen molar-refractivity contribution >= 4 is 5.69 Å². The van der Waals surface area contributed by atoms with Gasteiger partial charge in [-0.2, -0.15) is 0 Å². The smallest absolute Gasteiger partial charge is 0.0403 e. The second-order valence-corrected chi connectivity index (χ2v) is 6.11. The molecule has 0 aromatic heterocycles. The standard InChI is InChI=1S/C19H23N/c1-14(2)16-7-5-8-18(12-16)20-13-17-6-3-4-9-19(17)15-10-11-15/h3-9,12,14-15,20H,10-11,13H2,1-2H3. The number of benzene rings is 2. The van der Waals surface area contributed by atoms with Gasteiger partial charge in [-0.1, -0.05) is 50.2 Å². The molecule has 1 N–H and O–H groups in total. The Hall–Kier alpha value is -1.76. The molecule has 1 heteroatoms. The molecule has 1 nitrogen and oxygen atoms in total. The van der Waals surface area contributed by atoms with E-state index in [0.717, 1.165) is 12.5 Å². The van der Waals surface area contributed by atoms with Crippen LogP contribution in [0.5, 0.6) is 0 Å². The molecule has 1 aliphatic rings. The highest BCUT2D eigenvalue weighted by Crippen LogP contribution is 2.41. The van der Waals surface area contributed by atoms with Crippen LogP contribution >= 0.6 is 0 Å². The highest BCUT2D eigenvalue weighted by atomic mass is 14.9. The zero-order valence-electron chi connectivity index (χ0n) is 12.4. The summed E-state index contributed by atoms with van der Waals surface area (Å²) < 4.78 is 0. The van der Waals surface area contributed by atoms with Crippen LogP contribution in [-0.4, -0.2) is 0 Å². The van der Waals surface area contributed by atoms with E-state index in [1.807, 2.05) is 0 Å². The molecule has 3 rings (SSSR count). The van der Waals surface area contributed by atoms with Gasteiger partial charge in [-0.3, -0.25) is 0 Å². The van der Waals surface area contributed by atoms with Crippen LogP contribution in [0, 0.1) is 0 Å². The van der Waals surface area contributed by atoms with E-state index in [2.05, 4.69) is 67.7 Å². The third-order valence-electron chi connectivity index (χ3n) is 4.11. The van der Waals surface area contributed by atoms with E-state index in [-0.39, 0.29) is 0 Å². The van der Waals surface area contributed by atoms with Crippen LogP contribution in [0.3, 0.4) is 0 Å². The van der Waals surface area contributed by atoms with Gasteiger partial charge in [0, 0.05) is 12.2 Å². The Balaban J connectivity index is 1.72. The second kappa shape index (κ2) is 5.70. The molecule has 1 saturated carbocycles. The largest absolute Gasteiger partial charge is 0.381 e. The van der Waals surface area contributed by atoms with Gasteiger partial charge in [-0.25, -0.2) is 0 Å². The summed E-state index contributed by atoms with van der Waals surface area (Å²) in [6.07, 6.45) is 2.72. The van der Waals surface area contributed by atoms with E-state index in [1.165, 1.54) is 29.7 Å². The molecule has 0 atom stereocenters. The molecule has 0 radical (unpaired) electrons. The molecule has 20 heavy (non-hydrogen) atoms. The summed E-state index contributed by atoms with van der Waals surface area (Å²) in [5, 5.41) is 3.58. The van der Waals surface area contributed by atoms with E-state index in [4.69, 9.17) is 0 Å². The highest BCUT2D eigenvalue weighted by Gasteiger charge is 2.25. The maximum Gasteiger partial charge on any atom is 0.0403 e. The first kappa shape index (κ1) is 13.2. The zero-order valence-corrected chi connectivity index (χ0v) is 12.4. The van der Waals surface area contributed by atoms with Crippen molar-refractivity contribution in [3.63, 3.8) is 0 Å². The third-order valence-corrected chi connectivity index (χ3v) is 4.11. The van der Waals surface area contributed by atoms with E-state index >= 15 is 0 Å². The predicted molar refractivity (Wildman–Crippen MR) is 86.3 cm³/mol. The number of nitrogens with one attached hydrogen (secondary N) is 1. The van der Waals surface area contributed by atoms with Gasteiger partial charge >= 0.3 is 0 Å². The summed E-state index contributed by atoms with van der Waals surface area (Å²) in [6.45, 7) is 5.40. The highest BCUT2D eigenvalue weighted by molar-refractivity contribution is 5.47.